The predicted molar refractivity (Wildman–Crippen MR) is 68.2 cm³/mol. The van der Waals surface area contributed by atoms with E-state index >= 15 is 0 Å². The fourth-order valence-electron chi connectivity index (χ4n) is 1.48. The summed E-state index contributed by atoms with van der Waals surface area (Å²) in [6.07, 6.45) is 0. The number of aryl methyl sites for hydroxylation is 2. The van der Waals surface area contributed by atoms with E-state index in [1.165, 1.54) is 12.1 Å². The Morgan fingerprint density at radius 1 is 1.28 bits per heavy atom. The smallest absolute Gasteiger partial charge is 0.263 e. The Morgan fingerprint density at radius 2 is 1.94 bits per heavy atom. The molecule has 0 radical (unpaired) electrons. The van der Waals surface area contributed by atoms with Crippen molar-refractivity contribution in [3.63, 3.8) is 0 Å². The summed E-state index contributed by atoms with van der Waals surface area (Å²) in [5, 5.41) is 3.85. The maximum Gasteiger partial charge on any atom is 0.263 e. The van der Waals surface area contributed by atoms with Gasteiger partial charge < -0.3 is 4.52 Å². The van der Waals surface area contributed by atoms with Crippen LogP contribution in [-0.2, 0) is 10.0 Å². The SMILES string of the molecule is Cc1noc(C)c1NS(=O)(=O)c1ccccc1Cl. The van der Waals surface area contributed by atoms with Crippen LogP contribution in [0.1, 0.15) is 11.5 Å². The first-order chi connectivity index (χ1) is 8.42. The number of sulfonamides is 1. The Morgan fingerprint density at radius 3 is 2.50 bits per heavy atom. The van der Waals surface area contributed by atoms with Gasteiger partial charge in [-0.25, -0.2) is 8.42 Å². The molecule has 0 bridgehead atoms. The number of nitrogens with zero attached hydrogens (tertiary/aromatic N) is 1. The molecule has 0 aliphatic rings. The first-order valence-corrected chi connectivity index (χ1v) is 6.98. The van der Waals surface area contributed by atoms with Crippen molar-refractivity contribution >= 4 is 27.3 Å². The van der Waals surface area contributed by atoms with E-state index in [1.807, 2.05) is 0 Å². The summed E-state index contributed by atoms with van der Waals surface area (Å²) in [7, 11) is -3.74. The van der Waals surface area contributed by atoms with Crippen molar-refractivity contribution in [3.05, 3.63) is 40.7 Å². The van der Waals surface area contributed by atoms with Crippen LogP contribution in [-0.4, -0.2) is 13.6 Å². The summed E-state index contributed by atoms with van der Waals surface area (Å²) < 4.78 is 31.6. The fraction of sp³-hybridized carbons (Fsp3) is 0.182. The van der Waals surface area contributed by atoms with Crippen LogP contribution >= 0.6 is 11.6 Å². The normalized spacial score (nSPS) is 11.5. The van der Waals surface area contributed by atoms with Crippen LogP contribution in [0.4, 0.5) is 5.69 Å². The summed E-state index contributed by atoms with van der Waals surface area (Å²) in [6.45, 7) is 3.28. The Balaban J connectivity index is 2.43. The standard InChI is InChI=1S/C11H11ClN2O3S/c1-7-11(8(2)17-13-7)14-18(15,16)10-6-4-3-5-9(10)12/h3-6,14H,1-2H3. The molecule has 0 amide bonds. The van der Waals surface area contributed by atoms with Crippen LogP contribution in [0.25, 0.3) is 0 Å². The second kappa shape index (κ2) is 4.62. The highest BCUT2D eigenvalue weighted by Crippen LogP contribution is 2.26. The second-order valence-corrected chi connectivity index (χ2v) is 5.79. The number of nitrogens with one attached hydrogen (secondary N) is 1. The molecule has 0 saturated heterocycles. The molecule has 0 unspecified atom stereocenters. The molecule has 0 aliphatic heterocycles. The van der Waals surface area contributed by atoms with Crippen molar-refractivity contribution in [1.29, 1.82) is 0 Å². The summed E-state index contributed by atoms with van der Waals surface area (Å²) in [4.78, 5) is 0.0201. The lowest BCUT2D eigenvalue weighted by atomic mass is 10.3. The van der Waals surface area contributed by atoms with Gasteiger partial charge in [-0.3, -0.25) is 4.72 Å². The second-order valence-electron chi connectivity index (χ2n) is 3.74. The van der Waals surface area contributed by atoms with Crippen LogP contribution in [0.5, 0.6) is 0 Å². The first kappa shape index (κ1) is 12.9. The van der Waals surface area contributed by atoms with E-state index in [0.717, 1.165) is 0 Å². The van der Waals surface area contributed by atoms with Gasteiger partial charge in [-0.15, -0.1) is 0 Å². The molecule has 0 fully saturated rings. The van der Waals surface area contributed by atoms with Crippen molar-refractivity contribution < 1.29 is 12.9 Å². The number of anilines is 1. The predicted octanol–water partition coefficient (Wildman–Crippen LogP) is 2.75. The minimum absolute atomic E-state index is 0.0201. The molecule has 0 saturated carbocycles. The van der Waals surface area contributed by atoms with Gasteiger partial charge in [0.05, 0.1) is 5.02 Å². The molecule has 7 heteroatoms. The zero-order valence-corrected chi connectivity index (χ0v) is 11.3. The van der Waals surface area contributed by atoms with E-state index in [9.17, 15) is 8.42 Å². The fourth-order valence-corrected chi connectivity index (χ4v) is 3.17. The van der Waals surface area contributed by atoms with E-state index < -0.39 is 10.0 Å². The molecule has 96 valence electrons. The lowest BCUT2D eigenvalue weighted by Crippen LogP contribution is -2.14. The third-order valence-corrected chi connectivity index (χ3v) is 4.25. The highest BCUT2D eigenvalue weighted by molar-refractivity contribution is 7.92. The van der Waals surface area contributed by atoms with Gasteiger partial charge in [0, 0.05) is 0 Å². The highest BCUT2D eigenvalue weighted by Gasteiger charge is 2.21. The minimum Gasteiger partial charge on any atom is -0.359 e. The average Bonchev–Trinajstić information content (AvgIpc) is 2.61. The lowest BCUT2D eigenvalue weighted by Gasteiger charge is -2.08. The quantitative estimate of drug-likeness (QED) is 0.941. The lowest BCUT2D eigenvalue weighted by molar-refractivity contribution is 0.393. The summed E-state index contributed by atoms with van der Waals surface area (Å²) >= 11 is 5.87. The van der Waals surface area contributed by atoms with Gasteiger partial charge in [-0.1, -0.05) is 28.9 Å². The van der Waals surface area contributed by atoms with Crippen molar-refractivity contribution in [2.45, 2.75) is 18.7 Å². The molecule has 2 aromatic rings. The van der Waals surface area contributed by atoms with Crippen LogP contribution < -0.4 is 4.72 Å². The average molecular weight is 287 g/mol. The monoisotopic (exact) mass is 286 g/mol. The maximum atomic E-state index is 12.2. The third kappa shape index (κ3) is 2.34. The van der Waals surface area contributed by atoms with E-state index in [0.29, 0.717) is 17.1 Å². The number of halogens is 1. The van der Waals surface area contributed by atoms with Gasteiger partial charge in [-0.05, 0) is 26.0 Å². The van der Waals surface area contributed by atoms with Gasteiger partial charge in [0.15, 0.2) is 5.76 Å². The largest absolute Gasteiger partial charge is 0.359 e. The molecule has 2 rings (SSSR count). The molecular formula is C11H11ClN2O3S. The van der Waals surface area contributed by atoms with Crippen molar-refractivity contribution in [2.75, 3.05) is 4.72 Å². The van der Waals surface area contributed by atoms with Gasteiger partial charge in [0.2, 0.25) is 0 Å². The van der Waals surface area contributed by atoms with Crippen LogP contribution in [0, 0.1) is 13.8 Å². The van der Waals surface area contributed by atoms with Gasteiger partial charge >= 0.3 is 0 Å². The van der Waals surface area contributed by atoms with Crippen LogP contribution in [0.15, 0.2) is 33.7 Å². The molecule has 18 heavy (non-hydrogen) atoms. The molecule has 1 aromatic heterocycles. The van der Waals surface area contributed by atoms with Crippen molar-refractivity contribution in [3.8, 4) is 0 Å². The molecule has 1 N–H and O–H groups in total. The van der Waals surface area contributed by atoms with E-state index in [2.05, 4.69) is 9.88 Å². The summed E-state index contributed by atoms with van der Waals surface area (Å²) in [5.41, 5.74) is 0.818. The van der Waals surface area contributed by atoms with Crippen molar-refractivity contribution in [1.82, 2.24) is 5.16 Å². The molecule has 1 heterocycles. The van der Waals surface area contributed by atoms with Gasteiger partial charge in [0.1, 0.15) is 16.3 Å². The van der Waals surface area contributed by atoms with Crippen molar-refractivity contribution in [2.24, 2.45) is 0 Å². The molecule has 0 atom stereocenters. The Bertz CT molecular complexity index is 660. The van der Waals surface area contributed by atoms with E-state index in [1.54, 1.807) is 26.0 Å². The molecular weight excluding hydrogens is 276 g/mol. The Labute approximate surface area is 110 Å². The van der Waals surface area contributed by atoms with E-state index in [-0.39, 0.29) is 9.92 Å². The zero-order chi connectivity index (χ0) is 13.3. The Kier molecular flexibility index (Phi) is 3.32. The highest BCUT2D eigenvalue weighted by atomic mass is 35.5. The number of hydrogen-bond donors (Lipinski definition) is 1. The first-order valence-electron chi connectivity index (χ1n) is 5.12. The van der Waals surface area contributed by atoms with Gasteiger partial charge in [0.25, 0.3) is 10.0 Å². The Hall–Kier alpha value is -1.53. The van der Waals surface area contributed by atoms with Crippen LogP contribution in [0.3, 0.4) is 0 Å². The molecule has 5 nitrogen and oxygen atoms in total. The number of aromatic nitrogens is 1. The van der Waals surface area contributed by atoms with Gasteiger partial charge in [-0.2, -0.15) is 0 Å². The zero-order valence-electron chi connectivity index (χ0n) is 9.77. The molecule has 1 aromatic carbocycles. The maximum absolute atomic E-state index is 12.2. The molecule has 0 aliphatic carbocycles. The third-order valence-electron chi connectivity index (χ3n) is 2.40. The molecule has 0 spiro atoms. The van der Waals surface area contributed by atoms with Crippen LogP contribution in [0.2, 0.25) is 5.02 Å². The summed E-state index contributed by atoms with van der Waals surface area (Å²) in [6, 6.07) is 6.22. The summed E-state index contributed by atoms with van der Waals surface area (Å²) in [5.74, 6) is 0.406. The number of rotatable bonds is 3. The van der Waals surface area contributed by atoms with E-state index in [4.69, 9.17) is 16.1 Å². The number of benzene rings is 1. The topological polar surface area (TPSA) is 72.2 Å². The number of hydrogen-bond acceptors (Lipinski definition) is 4. The minimum atomic E-state index is -3.74.